The third-order valence-electron chi connectivity index (χ3n) is 8.31. The first-order valence-electron chi connectivity index (χ1n) is 17.8. The highest BCUT2D eigenvalue weighted by atomic mass is 16.4. The number of nitrogens with zero attached hydrogens (tertiary/aromatic N) is 3. The minimum Gasteiger partial charge on any atom is -0.481 e. The van der Waals surface area contributed by atoms with Gasteiger partial charge in [0, 0.05) is 26.1 Å². The van der Waals surface area contributed by atoms with Gasteiger partial charge in [0.2, 0.25) is 29.5 Å². The monoisotopic (exact) mass is 784 g/mol. The maximum absolute atomic E-state index is 13.5. The molecule has 0 aliphatic carbocycles. The molecule has 17 N–H and O–H groups in total. The summed E-state index contributed by atoms with van der Waals surface area (Å²) in [5.74, 6) is -9.17. The molecule has 23 nitrogen and oxygen atoms in total. The molecule has 0 unspecified atom stereocenters. The van der Waals surface area contributed by atoms with E-state index in [0.717, 1.165) is 0 Å². The van der Waals surface area contributed by atoms with Gasteiger partial charge in [0.15, 0.2) is 11.9 Å². The van der Waals surface area contributed by atoms with Crippen molar-refractivity contribution in [1.82, 2.24) is 26.2 Å². The number of carbonyl (C=O) groups is 8. The Morgan fingerprint density at radius 2 is 1.20 bits per heavy atom. The van der Waals surface area contributed by atoms with E-state index >= 15 is 0 Å². The van der Waals surface area contributed by atoms with Crippen molar-refractivity contribution in [2.24, 2.45) is 44.6 Å². The zero-order valence-corrected chi connectivity index (χ0v) is 31.1. The van der Waals surface area contributed by atoms with Crippen molar-refractivity contribution in [3.8, 4) is 0 Å². The van der Waals surface area contributed by atoms with Crippen LogP contribution in [0.2, 0.25) is 0 Å². The predicted octanol–water partition coefficient (Wildman–Crippen LogP) is -4.18. The van der Waals surface area contributed by atoms with E-state index in [0.29, 0.717) is 12.8 Å². The van der Waals surface area contributed by atoms with Crippen molar-refractivity contribution in [2.75, 3.05) is 19.6 Å². The van der Waals surface area contributed by atoms with Crippen molar-refractivity contribution < 1.29 is 53.7 Å². The SMILES string of the molecule is CC(C)C[C@H](N)C(=O)N1CCC[C@H]1C(=O)N[C@@H](CCC(=O)O)C(=O)N[C@@H](CC(=O)O)C(=O)N[C@@H](CCCN=C(N)N)C(=O)N[C@@H](CCCN=C(N)N)C(=O)O. The topological polar surface area (TPSA) is 403 Å². The Morgan fingerprint density at radius 3 is 1.69 bits per heavy atom. The molecule has 0 spiro atoms. The number of carboxylic acid groups (broad SMARTS) is 3. The Bertz CT molecular complexity index is 1430. The van der Waals surface area contributed by atoms with Gasteiger partial charge in [0.1, 0.15) is 30.2 Å². The van der Waals surface area contributed by atoms with Crippen LogP contribution < -0.4 is 49.9 Å². The Balaban J connectivity index is 3.27. The van der Waals surface area contributed by atoms with E-state index in [1.54, 1.807) is 0 Å². The van der Waals surface area contributed by atoms with E-state index in [9.17, 15) is 53.7 Å². The molecule has 1 rings (SSSR count). The minimum atomic E-state index is -1.87. The molecule has 1 fully saturated rings. The average molecular weight is 785 g/mol. The fraction of sp³-hybridized carbons (Fsp3) is 0.688. The molecule has 1 heterocycles. The molecule has 5 amide bonds. The Labute approximate surface area is 317 Å². The number of aliphatic carboxylic acids is 3. The lowest BCUT2D eigenvalue weighted by Crippen LogP contribution is -2.59. The second-order valence-electron chi connectivity index (χ2n) is 13.4. The number of hydrogen-bond acceptors (Lipinski definition) is 11. The number of rotatable bonds is 25. The normalized spacial score (nSPS) is 16.4. The summed E-state index contributed by atoms with van der Waals surface area (Å²) in [6.07, 6.45) is -1.09. The molecule has 0 aromatic carbocycles. The summed E-state index contributed by atoms with van der Waals surface area (Å²) in [5.41, 5.74) is 27.3. The highest BCUT2D eigenvalue weighted by molar-refractivity contribution is 5.97. The zero-order valence-electron chi connectivity index (χ0n) is 31.1. The zero-order chi connectivity index (χ0) is 41.8. The lowest BCUT2D eigenvalue weighted by molar-refractivity contribution is -0.143. The molecule has 6 atom stereocenters. The van der Waals surface area contributed by atoms with Gasteiger partial charge in [-0.2, -0.15) is 0 Å². The fourth-order valence-electron chi connectivity index (χ4n) is 5.66. The van der Waals surface area contributed by atoms with Crippen molar-refractivity contribution in [3.63, 3.8) is 0 Å². The summed E-state index contributed by atoms with van der Waals surface area (Å²) in [6, 6.07) is -8.28. The van der Waals surface area contributed by atoms with Crippen LogP contribution in [-0.2, 0) is 38.4 Å². The molecule has 0 saturated carbocycles. The van der Waals surface area contributed by atoms with Crippen LogP contribution in [0.1, 0.15) is 78.1 Å². The number of carboxylic acids is 3. The largest absolute Gasteiger partial charge is 0.481 e. The Hall–Kier alpha value is -5.74. The smallest absolute Gasteiger partial charge is 0.326 e. The summed E-state index contributed by atoms with van der Waals surface area (Å²) >= 11 is 0. The van der Waals surface area contributed by atoms with Gasteiger partial charge >= 0.3 is 17.9 Å². The molecular formula is C32H56N12O11. The highest BCUT2D eigenvalue weighted by Gasteiger charge is 2.38. The van der Waals surface area contributed by atoms with Crippen LogP contribution in [0.15, 0.2) is 9.98 Å². The molecule has 0 bridgehead atoms. The Kier molecular flexibility index (Phi) is 20.5. The molecule has 0 aromatic rings. The van der Waals surface area contributed by atoms with Gasteiger partial charge in [0.05, 0.1) is 12.5 Å². The number of nitrogens with one attached hydrogen (secondary N) is 4. The number of aliphatic imine (C=N–C) groups is 2. The average Bonchev–Trinajstić information content (AvgIpc) is 3.57. The molecule has 55 heavy (non-hydrogen) atoms. The molecule has 1 aliphatic rings. The van der Waals surface area contributed by atoms with Gasteiger partial charge in [-0.3, -0.25) is 43.5 Å². The molecule has 1 saturated heterocycles. The van der Waals surface area contributed by atoms with Gasteiger partial charge in [-0.15, -0.1) is 0 Å². The summed E-state index contributed by atoms with van der Waals surface area (Å²) in [6.45, 7) is 4.04. The van der Waals surface area contributed by atoms with Crippen molar-refractivity contribution >= 4 is 59.4 Å². The first-order chi connectivity index (χ1) is 25.7. The van der Waals surface area contributed by atoms with Crippen molar-refractivity contribution in [2.45, 2.75) is 114 Å². The molecule has 23 heteroatoms. The van der Waals surface area contributed by atoms with Gasteiger partial charge in [0.25, 0.3) is 0 Å². The van der Waals surface area contributed by atoms with Crippen LogP contribution in [0.5, 0.6) is 0 Å². The second-order valence-corrected chi connectivity index (χ2v) is 13.4. The number of nitrogens with two attached hydrogens (primary N) is 5. The predicted molar refractivity (Wildman–Crippen MR) is 196 cm³/mol. The van der Waals surface area contributed by atoms with E-state index in [2.05, 4.69) is 31.3 Å². The first kappa shape index (κ1) is 47.3. The van der Waals surface area contributed by atoms with Gasteiger partial charge in [-0.25, -0.2) is 4.79 Å². The van der Waals surface area contributed by atoms with Crippen LogP contribution >= 0.6 is 0 Å². The van der Waals surface area contributed by atoms with Crippen LogP contribution in [0.25, 0.3) is 0 Å². The summed E-state index contributed by atoms with van der Waals surface area (Å²) in [5, 5.41) is 37.9. The van der Waals surface area contributed by atoms with E-state index in [-0.39, 0.29) is 69.6 Å². The van der Waals surface area contributed by atoms with Gasteiger partial charge < -0.3 is 70.2 Å². The Morgan fingerprint density at radius 1 is 0.709 bits per heavy atom. The number of amides is 5. The van der Waals surface area contributed by atoms with Crippen LogP contribution in [-0.4, -0.2) is 135 Å². The lowest BCUT2D eigenvalue weighted by Gasteiger charge is -2.29. The fourth-order valence-corrected chi connectivity index (χ4v) is 5.66. The van der Waals surface area contributed by atoms with Crippen molar-refractivity contribution in [3.05, 3.63) is 0 Å². The number of guanidine groups is 2. The lowest BCUT2D eigenvalue weighted by atomic mass is 10.0. The molecule has 1 aliphatic heterocycles. The van der Waals surface area contributed by atoms with Crippen LogP contribution in [0.3, 0.4) is 0 Å². The van der Waals surface area contributed by atoms with E-state index in [1.807, 2.05) is 13.8 Å². The minimum absolute atomic E-state index is 0.00319. The second kappa shape index (κ2) is 23.8. The third kappa shape index (κ3) is 18.2. The van der Waals surface area contributed by atoms with E-state index in [4.69, 9.17) is 28.7 Å². The standard InChI is InChI=1S/C32H56N12O11/c1-16(2)14-17(33)29(53)44-13-5-8-22(44)28(52)41-19(9-10-23(45)46)26(50)43-21(15-24(47)48)27(51)40-18(6-3-11-38-31(34)35)25(49)42-20(30(54)55)7-4-12-39-32(36)37/h16-22H,3-15,33H2,1-2H3,(H,40,51)(H,41,52)(H,42,49)(H,43,50)(H,45,46)(H,47,48)(H,54,55)(H4,34,35,38)(H4,36,37,39)/t17-,18-,19-,20-,21-,22-/m0/s1. The molecule has 310 valence electrons. The van der Waals surface area contributed by atoms with Crippen LogP contribution in [0, 0.1) is 5.92 Å². The van der Waals surface area contributed by atoms with Crippen LogP contribution in [0.4, 0.5) is 0 Å². The van der Waals surface area contributed by atoms with Gasteiger partial charge in [-0.05, 0) is 57.3 Å². The maximum Gasteiger partial charge on any atom is 0.326 e. The van der Waals surface area contributed by atoms with E-state index < -0.39 is 103 Å². The third-order valence-corrected chi connectivity index (χ3v) is 8.31. The molecule has 0 radical (unpaired) electrons. The maximum atomic E-state index is 13.5. The molecule has 0 aromatic heterocycles. The number of carbonyl (C=O) groups excluding carboxylic acids is 5. The number of likely N-dealkylation sites (tertiary alicyclic amines) is 1. The summed E-state index contributed by atoms with van der Waals surface area (Å²) in [7, 11) is 0. The summed E-state index contributed by atoms with van der Waals surface area (Å²) < 4.78 is 0. The van der Waals surface area contributed by atoms with Gasteiger partial charge in [-0.1, -0.05) is 13.8 Å². The summed E-state index contributed by atoms with van der Waals surface area (Å²) in [4.78, 5) is 111. The highest BCUT2D eigenvalue weighted by Crippen LogP contribution is 2.20. The molecular weight excluding hydrogens is 728 g/mol. The number of hydrogen-bond donors (Lipinski definition) is 12. The first-order valence-corrected chi connectivity index (χ1v) is 17.8. The van der Waals surface area contributed by atoms with E-state index in [1.165, 1.54) is 4.90 Å². The van der Waals surface area contributed by atoms with Crippen molar-refractivity contribution in [1.29, 1.82) is 0 Å². The quantitative estimate of drug-likeness (QED) is 0.0237.